The summed E-state index contributed by atoms with van der Waals surface area (Å²) >= 11 is 6.23. The van der Waals surface area contributed by atoms with Crippen LogP contribution in [0.15, 0.2) is 77.3 Å². The lowest BCUT2D eigenvalue weighted by molar-refractivity contribution is -0.143. The number of alkyl halides is 6. The zero-order valence-corrected chi connectivity index (χ0v) is 21.6. The van der Waals surface area contributed by atoms with Crippen LogP contribution in [0.5, 0.6) is 0 Å². The molecule has 0 spiro atoms. The van der Waals surface area contributed by atoms with E-state index in [1.807, 2.05) is 0 Å². The zero-order chi connectivity index (χ0) is 29.5. The fraction of sp³-hybridized carbons (Fsp3) is 0.143. The predicted molar refractivity (Wildman–Crippen MR) is 136 cm³/mol. The molecule has 0 atom stereocenters. The van der Waals surface area contributed by atoms with Gasteiger partial charge in [-0.1, -0.05) is 64.4 Å². The van der Waals surface area contributed by atoms with Crippen molar-refractivity contribution < 1.29 is 35.7 Å². The van der Waals surface area contributed by atoms with Crippen molar-refractivity contribution in [3.63, 3.8) is 0 Å². The standard InChI is InChI=1S/C28H17ClF6N4O2/c1-15-22(25(40)20-9-5-6-10-21(20)29)26(41-37-15)23-24(17-7-3-2-4-8-17)39(38-36-23)14-16-11-18(27(30,31)32)13-19(12-16)28(33,34)35/h2-13H,14H2,1H3. The predicted octanol–water partition coefficient (Wildman–Crippen LogP) is 7.88. The number of carbonyl (C=O) groups is 1. The number of hydrogen-bond donors (Lipinski definition) is 0. The minimum absolute atomic E-state index is 0.00947. The van der Waals surface area contributed by atoms with Gasteiger partial charge in [0, 0.05) is 11.1 Å². The first-order valence-electron chi connectivity index (χ1n) is 11.9. The van der Waals surface area contributed by atoms with Crippen LogP contribution < -0.4 is 0 Å². The summed E-state index contributed by atoms with van der Waals surface area (Å²) in [5, 5.41) is 12.2. The quantitative estimate of drug-likeness (QED) is 0.149. The lowest BCUT2D eigenvalue weighted by atomic mass is 9.98. The molecule has 0 unspecified atom stereocenters. The van der Waals surface area contributed by atoms with Gasteiger partial charge in [0.25, 0.3) is 0 Å². The summed E-state index contributed by atoms with van der Waals surface area (Å²) in [5.74, 6) is -0.608. The molecule has 6 nitrogen and oxygen atoms in total. The molecule has 0 N–H and O–H groups in total. The van der Waals surface area contributed by atoms with Crippen LogP contribution in [0.3, 0.4) is 0 Å². The van der Waals surface area contributed by atoms with E-state index in [1.54, 1.807) is 42.5 Å². The number of rotatable bonds is 6. The SMILES string of the molecule is Cc1noc(-c2nnn(Cc3cc(C(F)(F)F)cc(C(F)(F)F)c3)c2-c2ccccc2)c1C(=O)c1ccccc1Cl. The number of ketones is 1. The topological polar surface area (TPSA) is 73.8 Å². The van der Waals surface area contributed by atoms with Crippen LogP contribution >= 0.6 is 11.6 Å². The lowest BCUT2D eigenvalue weighted by Crippen LogP contribution is -2.13. The van der Waals surface area contributed by atoms with Crippen molar-refractivity contribution in [2.24, 2.45) is 0 Å². The molecule has 5 aromatic rings. The Morgan fingerprint density at radius 1 is 0.902 bits per heavy atom. The Bertz CT molecular complexity index is 1710. The second-order valence-corrected chi connectivity index (χ2v) is 9.41. The maximum absolute atomic E-state index is 13.5. The zero-order valence-electron chi connectivity index (χ0n) is 20.9. The van der Waals surface area contributed by atoms with Crippen LogP contribution in [-0.2, 0) is 18.9 Å². The van der Waals surface area contributed by atoms with Gasteiger partial charge in [-0.05, 0) is 42.8 Å². The Balaban J connectivity index is 1.67. The highest BCUT2D eigenvalue weighted by molar-refractivity contribution is 6.35. The van der Waals surface area contributed by atoms with Gasteiger partial charge in [-0.15, -0.1) is 5.10 Å². The molecule has 5 rings (SSSR count). The molecule has 0 amide bonds. The minimum Gasteiger partial charge on any atom is -0.353 e. The molecule has 41 heavy (non-hydrogen) atoms. The molecule has 13 heteroatoms. The fourth-order valence-electron chi connectivity index (χ4n) is 4.32. The Morgan fingerprint density at radius 2 is 1.51 bits per heavy atom. The smallest absolute Gasteiger partial charge is 0.353 e. The van der Waals surface area contributed by atoms with Crippen LogP contribution in [0.2, 0.25) is 5.02 Å². The molecule has 0 aliphatic carbocycles. The van der Waals surface area contributed by atoms with E-state index in [0.717, 1.165) is 4.68 Å². The van der Waals surface area contributed by atoms with Gasteiger partial charge >= 0.3 is 12.4 Å². The van der Waals surface area contributed by atoms with E-state index in [0.29, 0.717) is 17.7 Å². The van der Waals surface area contributed by atoms with Crippen LogP contribution in [0, 0.1) is 6.92 Å². The fourth-order valence-corrected chi connectivity index (χ4v) is 4.54. The van der Waals surface area contributed by atoms with Gasteiger partial charge in [-0.25, -0.2) is 4.68 Å². The number of aromatic nitrogens is 4. The molecule has 3 aromatic carbocycles. The minimum atomic E-state index is -5.02. The third-order valence-corrected chi connectivity index (χ3v) is 6.52. The van der Waals surface area contributed by atoms with E-state index >= 15 is 0 Å². The van der Waals surface area contributed by atoms with Crippen LogP contribution in [0.4, 0.5) is 26.3 Å². The molecule has 0 saturated carbocycles. The van der Waals surface area contributed by atoms with Crippen LogP contribution in [-0.4, -0.2) is 25.9 Å². The highest BCUT2D eigenvalue weighted by atomic mass is 35.5. The van der Waals surface area contributed by atoms with E-state index in [4.69, 9.17) is 16.1 Å². The van der Waals surface area contributed by atoms with E-state index in [1.165, 1.54) is 19.1 Å². The van der Waals surface area contributed by atoms with Gasteiger partial charge in [0.15, 0.2) is 11.5 Å². The van der Waals surface area contributed by atoms with E-state index in [9.17, 15) is 31.1 Å². The monoisotopic (exact) mass is 590 g/mol. The lowest BCUT2D eigenvalue weighted by Gasteiger charge is -2.15. The molecule has 0 bridgehead atoms. The van der Waals surface area contributed by atoms with Crippen molar-refractivity contribution >= 4 is 17.4 Å². The largest absolute Gasteiger partial charge is 0.416 e. The number of halogens is 7. The molecule has 0 aliphatic heterocycles. The van der Waals surface area contributed by atoms with Crippen molar-refractivity contribution in [3.8, 4) is 22.7 Å². The number of carbonyl (C=O) groups excluding carboxylic acids is 1. The number of aryl methyl sites for hydroxylation is 1. The van der Waals surface area contributed by atoms with Gasteiger partial charge in [0.1, 0.15) is 5.69 Å². The maximum atomic E-state index is 13.5. The molecule has 210 valence electrons. The normalized spacial score (nSPS) is 12.1. The van der Waals surface area contributed by atoms with E-state index in [-0.39, 0.29) is 50.6 Å². The summed E-state index contributed by atoms with van der Waals surface area (Å²) in [7, 11) is 0. The van der Waals surface area contributed by atoms with Gasteiger partial charge in [0.2, 0.25) is 5.76 Å². The molecule has 0 radical (unpaired) electrons. The van der Waals surface area contributed by atoms with Crippen LogP contribution in [0.25, 0.3) is 22.7 Å². The van der Waals surface area contributed by atoms with Crippen molar-refractivity contribution in [1.82, 2.24) is 20.2 Å². The third-order valence-electron chi connectivity index (χ3n) is 6.19. The summed E-state index contributed by atoms with van der Waals surface area (Å²) in [6, 6.07) is 16.0. The summed E-state index contributed by atoms with van der Waals surface area (Å²) in [6.07, 6.45) is -10.0. The average molecular weight is 591 g/mol. The van der Waals surface area contributed by atoms with Crippen molar-refractivity contribution in [1.29, 1.82) is 0 Å². The first kappa shape index (κ1) is 28.1. The summed E-state index contributed by atoms with van der Waals surface area (Å²) in [5.41, 5.74) is -2.17. The Labute approximate surface area is 233 Å². The van der Waals surface area contributed by atoms with E-state index in [2.05, 4.69) is 15.5 Å². The van der Waals surface area contributed by atoms with Gasteiger partial charge in [-0.3, -0.25) is 4.79 Å². The Kier molecular flexibility index (Phi) is 7.20. The first-order chi connectivity index (χ1) is 19.3. The first-order valence-corrected chi connectivity index (χ1v) is 12.3. The number of benzene rings is 3. The van der Waals surface area contributed by atoms with Gasteiger partial charge in [-0.2, -0.15) is 26.3 Å². The second kappa shape index (κ2) is 10.5. The number of nitrogens with zero attached hydrogens (tertiary/aromatic N) is 4. The van der Waals surface area contributed by atoms with Crippen molar-refractivity contribution in [2.75, 3.05) is 0 Å². The Hall–Kier alpha value is -4.45. The summed E-state index contributed by atoms with van der Waals surface area (Å²) < 4.78 is 87.5. The molecular weight excluding hydrogens is 574 g/mol. The summed E-state index contributed by atoms with van der Waals surface area (Å²) in [6.45, 7) is 1.02. The molecule has 0 fully saturated rings. The average Bonchev–Trinajstić information content (AvgIpc) is 3.51. The molecule has 2 heterocycles. The number of hydrogen-bond acceptors (Lipinski definition) is 5. The third kappa shape index (κ3) is 5.60. The molecule has 0 aliphatic rings. The molecule has 2 aromatic heterocycles. The van der Waals surface area contributed by atoms with Gasteiger partial charge < -0.3 is 4.52 Å². The van der Waals surface area contributed by atoms with Crippen LogP contribution in [0.1, 0.15) is 38.3 Å². The second-order valence-electron chi connectivity index (χ2n) is 9.01. The molecule has 0 saturated heterocycles. The van der Waals surface area contributed by atoms with E-state index < -0.39 is 35.8 Å². The van der Waals surface area contributed by atoms with Gasteiger partial charge in [0.05, 0.1) is 34.0 Å². The highest BCUT2D eigenvalue weighted by Gasteiger charge is 2.37. The van der Waals surface area contributed by atoms with Crippen molar-refractivity contribution in [2.45, 2.75) is 25.8 Å². The van der Waals surface area contributed by atoms with Crippen molar-refractivity contribution in [3.05, 3.63) is 111 Å². The maximum Gasteiger partial charge on any atom is 0.416 e. The molecular formula is C28H17ClF6N4O2. The summed E-state index contributed by atoms with van der Waals surface area (Å²) in [4.78, 5) is 13.5. The highest BCUT2D eigenvalue weighted by Crippen LogP contribution is 2.38. The Morgan fingerprint density at radius 3 is 2.12 bits per heavy atom.